The molecule has 1 saturated carbocycles. The summed E-state index contributed by atoms with van der Waals surface area (Å²) in [7, 11) is -3.46. The van der Waals surface area contributed by atoms with E-state index in [4.69, 9.17) is 0 Å². The lowest BCUT2D eigenvalue weighted by Gasteiger charge is -2.32. The van der Waals surface area contributed by atoms with Crippen molar-refractivity contribution in [1.29, 1.82) is 0 Å². The molecule has 0 amide bonds. The van der Waals surface area contributed by atoms with E-state index in [1.807, 2.05) is 6.92 Å². The minimum atomic E-state index is -3.46. The zero-order valence-corrected chi connectivity index (χ0v) is 12.6. The van der Waals surface area contributed by atoms with Gasteiger partial charge in [-0.05, 0) is 31.1 Å². The predicted molar refractivity (Wildman–Crippen MR) is 74.3 cm³/mol. The molecule has 2 N–H and O–H groups in total. The summed E-state index contributed by atoms with van der Waals surface area (Å²) >= 11 is 0. The third-order valence-corrected chi connectivity index (χ3v) is 5.58. The second kappa shape index (κ2) is 5.63. The van der Waals surface area contributed by atoms with Crippen molar-refractivity contribution in [2.75, 3.05) is 0 Å². The molecule has 1 aliphatic carbocycles. The summed E-state index contributed by atoms with van der Waals surface area (Å²) in [5, 5.41) is 0.177. The van der Waals surface area contributed by atoms with Crippen LogP contribution < -0.4 is 4.72 Å². The van der Waals surface area contributed by atoms with Gasteiger partial charge in [0, 0.05) is 12.5 Å². The Balaban J connectivity index is 2.05. The van der Waals surface area contributed by atoms with Crippen molar-refractivity contribution in [1.82, 2.24) is 14.7 Å². The summed E-state index contributed by atoms with van der Waals surface area (Å²) < 4.78 is 27.3. The number of H-pyrrole nitrogens is 1. The maximum atomic E-state index is 12.2. The molecule has 1 aliphatic rings. The zero-order valence-electron chi connectivity index (χ0n) is 11.8. The van der Waals surface area contributed by atoms with Crippen molar-refractivity contribution in [3.63, 3.8) is 0 Å². The molecule has 0 aliphatic heterocycles. The van der Waals surface area contributed by atoms with Crippen molar-refractivity contribution in [3.8, 4) is 0 Å². The third-order valence-electron chi connectivity index (χ3n) is 4.15. The standard InChI is InChI=1S/C13H23N3O2S/c1-4-12-14-8-13(15-12)19(17,18)16-11-6-5-9(2)10(3)7-11/h8-11,16H,4-7H2,1-3H3,(H,14,15). The van der Waals surface area contributed by atoms with Crippen LogP contribution in [0, 0.1) is 11.8 Å². The van der Waals surface area contributed by atoms with Crippen molar-refractivity contribution in [2.45, 2.75) is 57.5 Å². The van der Waals surface area contributed by atoms with E-state index in [-0.39, 0.29) is 11.1 Å². The highest BCUT2D eigenvalue weighted by atomic mass is 32.2. The van der Waals surface area contributed by atoms with E-state index in [1.54, 1.807) is 0 Å². The van der Waals surface area contributed by atoms with Gasteiger partial charge in [-0.15, -0.1) is 0 Å². The second-order valence-electron chi connectivity index (χ2n) is 5.63. The molecule has 3 unspecified atom stereocenters. The van der Waals surface area contributed by atoms with Crippen molar-refractivity contribution >= 4 is 10.0 Å². The first-order valence-corrected chi connectivity index (χ1v) is 8.47. The average molecular weight is 285 g/mol. The Morgan fingerprint density at radius 1 is 1.37 bits per heavy atom. The highest BCUT2D eigenvalue weighted by Crippen LogP contribution is 2.29. The van der Waals surface area contributed by atoms with Crippen molar-refractivity contribution < 1.29 is 8.42 Å². The predicted octanol–water partition coefficient (Wildman–Crippen LogP) is 2.08. The van der Waals surface area contributed by atoms with Gasteiger partial charge >= 0.3 is 0 Å². The molecule has 1 heterocycles. The first-order chi connectivity index (χ1) is 8.92. The molecule has 2 rings (SSSR count). The molecule has 108 valence electrons. The SMILES string of the molecule is CCc1ncc(S(=O)(=O)NC2CCC(C)C(C)C2)[nH]1. The number of aromatic nitrogens is 2. The molecule has 5 nitrogen and oxygen atoms in total. The van der Waals surface area contributed by atoms with E-state index in [0.717, 1.165) is 19.3 Å². The molecule has 0 aromatic carbocycles. The lowest BCUT2D eigenvalue weighted by molar-refractivity contribution is 0.241. The minimum absolute atomic E-state index is 0.0459. The monoisotopic (exact) mass is 285 g/mol. The molecule has 0 bridgehead atoms. The van der Waals surface area contributed by atoms with E-state index in [0.29, 0.717) is 24.1 Å². The molecule has 0 saturated heterocycles. The molecule has 0 spiro atoms. The second-order valence-corrected chi connectivity index (χ2v) is 7.32. The van der Waals surface area contributed by atoms with E-state index >= 15 is 0 Å². The van der Waals surface area contributed by atoms with Crippen LogP contribution in [0.3, 0.4) is 0 Å². The number of rotatable bonds is 4. The van der Waals surface area contributed by atoms with Crippen LogP contribution in [0.1, 0.15) is 45.9 Å². The lowest BCUT2D eigenvalue weighted by Crippen LogP contribution is -2.39. The number of aryl methyl sites for hydroxylation is 1. The lowest BCUT2D eigenvalue weighted by atomic mass is 9.79. The van der Waals surface area contributed by atoms with E-state index < -0.39 is 10.0 Å². The zero-order chi connectivity index (χ0) is 14.0. The molecule has 6 heteroatoms. The number of hydrogen-bond donors (Lipinski definition) is 2. The number of nitrogens with one attached hydrogen (secondary N) is 2. The van der Waals surface area contributed by atoms with Gasteiger partial charge in [0.1, 0.15) is 5.82 Å². The van der Waals surface area contributed by atoms with Crippen molar-refractivity contribution in [3.05, 3.63) is 12.0 Å². The van der Waals surface area contributed by atoms with E-state index in [9.17, 15) is 8.42 Å². The fourth-order valence-corrected chi connectivity index (χ4v) is 3.82. The third kappa shape index (κ3) is 3.36. The molecule has 3 atom stereocenters. The molecule has 1 fully saturated rings. The normalized spacial score (nSPS) is 28.5. The topological polar surface area (TPSA) is 74.8 Å². The maximum Gasteiger partial charge on any atom is 0.257 e. The molecular weight excluding hydrogens is 262 g/mol. The summed E-state index contributed by atoms with van der Waals surface area (Å²) in [6.07, 6.45) is 5.01. The molecular formula is C13H23N3O2S. The van der Waals surface area contributed by atoms with Crippen LogP contribution in [0.25, 0.3) is 0 Å². The number of hydrogen-bond acceptors (Lipinski definition) is 3. The minimum Gasteiger partial charge on any atom is -0.332 e. The fraction of sp³-hybridized carbons (Fsp3) is 0.769. The molecule has 0 radical (unpaired) electrons. The molecule has 19 heavy (non-hydrogen) atoms. The van der Waals surface area contributed by atoms with E-state index in [1.165, 1.54) is 6.20 Å². The largest absolute Gasteiger partial charge is 0.332 e. The number of nitrogens with zero attached hydrogens (tertiary/aromatic N) is 1. The van der Waals surface area contributed by atoms with Crippen LogP contribution in [0.2, 0.25) is 0 Å². The van der Waals surface area contributed by atoms with Gasteiger partial charge in [-0.2, -0.15) is 0 Å². The first kappa shape index (κ1) is 14.5. The Bertz CT molecular complexity index is 524. The highest BCUT2D eigenvalue weighted by Gasteiger charge is 2.28. The number of aromatic amines is 1. The van der Waals surface area contributed by atoms with Gasteiger partial charge in [0.2, 0.25) is 0 Å². The Hall–Kier alpha value is -0.880. The van der Waals surface area contributed by atoms with Crippen LogP contribution in [0.4, 0.5) is 0 Å². The quantitative estimate of drug-likeness (QED) is 0.889. The smallest absolute Gasteiger partial charge is 0.257 e. The fourth-order valence-electron chi connectivity index (χ4n) is 2.60. The van der Waals surface area contributed by atoms with Crippen LogP contribution >= 0.6 is 0 Å². The maximum absolute atomic E-state index is 12.2. The summed E-state index contributed by atoms with van der Waals surface area (Å²) in [6, 6.07) is 0.0459. The summed E-state index contributed by atoms with van der Waals surface area (Å²) in [5.74, 6) is 1.94. The van der Waals surface area contributed by atoms with Crippen LogP contribution in [-0.4, -0.2) is 24.4 Å². The molecule has 1 aromatic rings. The highest BCUT2D eigenvalue weighted by molar-refractivity contribution is 7.89. The van der Waals surface area contributed by atoms with E-state index in [2.05, 4.69) is 28.5 Å². The summed E-state index contributed by atoms with van der Waals surface area (Å²) in [6.45, 7) is 6.36. The van der Waals surface area contributed by atoms with Crippen molar-refractivity contribution in [2.24, 2.45) is 11.8 Å². The summed E-state index contributed by atoms with van der Waals surface area (Å²) in [4.78, 5) is 6.90. The van der Waals surface area contributed by atoms with Gasteiger partial charge in [-0.1, -0.05) is 20.8 Å². The van der Waals surface area contributed by atoms with Gasteiger partial charge in [-0.3, -0.25) is 0 Å². The van der Waals surface area contributed by atoms with Crippen LogP contribution in [0.5, 0.6) is 0 Å². The first-order valence-electron chi connectivity index (χ1n) is 6.98. The van der Waals surface area contributed by atoms with Gasteiger partial charge < -0.3 is 4.98 Å². The van der Waals surface area contributed by atoms with Gasteiger partial charge in [-0.25, -0.2) is 18.1 Å². The Morgan fingerprint density at radius 3 is 2.68 bits per heavy atom. The van der Waals surface area contributed by atoms with Gasteiger partial charge in [0.25, 0.3) is 10.0 Å². The number of imidazole rings is 1. The van der Waals surface area contributed by atoms with Crippen LogP contribution in [0.15, 0.2) is 11.2 Å². The Kier molecular flexibility index (Phi) is 4.30. The molecule has 1 aromatic heterocycles. The Morgan fingerprint density at radius 2 is 2.11 bits per heavy atom. The van der Waals surface area contributed by atoms with Gasteiger partial charge in [0.05, 0.1) is 6.20 Å². The number of sulfonamides is 1. The Labute approximate surface area is 115 Å². The average Bonchev–Trinajstić information content (AvgIpc) is 2.83. The van der Waals surface area contributed by atoms with Crippen LogP contribution in [-0.2, 0) is 16.4 Å². The van der Waals surface area contributed by atoms with Gasteiger partial charge in [0.15, 0.2) is 5.03 Å². The summed E-state index contributed by atoms with van der Waals surface area (Å²) in [5.41, 5.74) is 0.